The van der Waals surface area contributed by atoms with E-state index in [1.165, 1.54) is 12.1 Å². The number of ether oxygens (including phenoxy) is 1. The number of halogens is 2. The van der Waals surface area contributed by atoms with E-state index in [4.69, 9.17) is 9.57 Å². The van der Waals surface area contributed by atoms with Crippen LogP contribution in [0.25, 0.3) is 0 Å². The van der Waals surface area contributed by atoms with Gasteiger partial charge < -0.3 is 9.57 Å². The van der Waals surface area contributed by atoms with Crippen molar-refractivity contribution in [2.45, 2.75) is 44.8 Å². The molecule has 3 amide bonds. The van der Waals surface area contributed by atoms with Crippen molar-refractivity contribution in [3.05, 3.63) is 35.4 Å². The number of likely N-dealkylation sites (tertiary alicyclic amines) is 1. The van der Waals surface area contributed by atoms with Crippen molar-refractivity contribution in [1.82, 2.24) is 9.96 Å². The predicted molar refractivity (Wildman–Crippen MR) is 96.3 cm³/mol. The number of hydrogen-bond acceptors (Lipinski definition) is 6. The molecule has 1 saturated heterocycles. The minimum atomic E-state index is -3.29. The number of alkyl halides is 2. The smallest absolute Gasteiger partial charge is 0.410 e. The number of hydrogen-bond donors (Lipinski definition) is 0. The van der Waals surface area contributed by atoms with Crippen molar-refractivity contribution in [3.8, 4) is 0 Å². The lowest BCUT2D eigenvalue weighted by molar-refractivity contribution is -0.176. The Balaban J connectivity index is 1.47. The Labute approximate surface area is 170 Å². The normalized spacial score (nSPS) is 26.8. The highest BCUT2D eigenvalue weighted by molar-refractivity contribution is 6.20. The summed E-state index contributed by atoms with van der Waals surface area (Å²) in [5.74, 6) is -8.75. The van der Waals surface area contributed by atoms with E-state index in [0.29, 0.717) is 5.06 Å². The zero-order valence-corrected chi connectivity index (χ0v) is 16.6. The highest BCUT2D eigenvalue weighted by Gasteiger charge is 2.77. The van der Waals surface area contributed by atoms with Gasteiger partial charge in [0, 0.05) is 6.54 Å². The van der Waals surface area contributed by atoms with E-state index in [9.17, 15) is 28.0 Å². The average Bonchev–Trinajstić information content (AvgIpc) is 3.16. The Morgan fingerprint density at radius 1 is 1.10 bits per heavy atom. The van der Waals surface area contributed by atoms with E-state index >= 15 is 0 Å². The van der Waals surface area contributed by atoms with Crippen molar-refractivity contribution < 1.29 is 37.5 Å². The van der Waals surface area contributed by atoms with Crippen LogP contribution in [0.5, 0.6) is 0 Å². The fraction of sp³-hybridized carbons (Fsp3) is 0.500. The maximum Gasteiger partial charge on any atom is 0.410 e. The van der Waals surface area contributed by atoms with Crippen LogP contribution in [0.3, 0.4) is 0 Å². The number of piperidine rings is 1. The third kappa shape index (κ3) is 3.10. The van der Waals surface area contributed by atoms with Gasteiger partial charge in [-0.3, -0.25) is 14.5 Å². The molecule has 10 heteroatoms. The largest absolute Gasteiger partial charge is 0.444 e. The first-order valence-corrected chi connectivity index (χ1v) is 9.50. The number of carbonyl (C=O) groups is 4. The van der Waals surface area contributed by atoms with Gasteiger partial charge >= 0.3 is 12.1 Å². The lowest BCUT2D eigenvalue weighted by atomic mass is 9.96. The van der Waals surface area contributed by atoms with E-state index < -0.39 is 53.3 Å². The molecule has 1 aromatic rings. The van der Waals surface area contributed by atoms with Crippen LogP contribution in [0.4, 0.5) is 13.6 Å². The minimum Gasteiger partial charge on any atom is -0.444 e. The third-order valence-corrected chi connectivity index (χ3v) is 5.39. The van der Waals surface area contributed by atoms with Crippen LogP contribution in [-0.4, -0.2) is 58.0 Å². The summed E-state index contributed by atoms with van der Waals surface area (Å²) in [6, 6.07) is 4.44. The molecular formula is C20H20F2N2O6. The Bertz CT molecular complexity index is 922. The number of imide groups is 1. The fourth-order valence-electron chi connectivity index (χ4n) is 4.02. The number of fused-ring (bicyclic) bond motifs is 2. The number of rotatable bonds is 2. The standard InChI is InChI=1S/C20H20F2N2O6/c1-19(2,3)29-18(28)23-9-8-12(13-14(23)20(13,21)22)17(27)30-24-15(25)10-6-4-5-7-11(10)16(24)26/h4-7,12-14H,8-9H2,1-3H3. The van der Waals surface area contributed by atoms with E-state index in [1.54, 1.807) is 32.9 Å². The van der Waals surface area contributed by atoms with Gasteiger partial charge in [0.1, 0.15) is 11.6 Å². The van der Waals surface area contributed by atoms with Gasteiger partial charge in [-0.1, -0.05) is 17.2 Å². The molecule has 0 bridgehead atoms. The molecule has 2 aliphatic heterocycles. The summed E-state index contributed by atoms with van der Waals surface area (Å²) in [5.41, 5.74) is -0.702. The van der Waals surface area contributed by atoms with Crippen LogP contribution >= 0.6 is 0 Å². The first-order chi connectivity index (χ1) is 13.9. The molecule has 4 rings (SSSR count). The summed E-state index contributed by atoms with van der Waals surface area (Å²) in [5, 5.41) is 0.308. The molecule has 0 spiro atoms. The van der Waals surface area contributed by atoms with Crippen molar-refractivity contribution in [1.29, 1.82) is 0 Å². The topological polar surface area (TPSA) is 93.2 Å². The van der Waals surface area contributed by atoms with Gasteiger partial charge in [0.25, 0.3) is 17.7 Å². The molecule has 0 radical (unpaired) electrons. The molecule has 2 heterocycles. The van der Waals surface area contributed by atoms with Crippen LogP contribution in [0, 0.1) is 11.8 Å². The Hall–Kier alpha value is -3.04. The molecule has 3 atom stereocenters. The first kappa shape index (κ1) is 20.2. The maximum atomic E-state index is 14.4. The van der Waals surface area contributed by atoms with Crippen LogP contribution in [0.15, 0.2) is 24.3 Å². The molecule has 8 nitrogen and oxygen atoms in total. The molecule has 3 aliphatic rings. The molecule has 0 aromatic heterocycles. The quantitative estimate of drug-likeness (QED) is 0.681. The molecule has 1 aromatic carbocycles. The number of amides is 3. The number of hydroxylamine groups is 2. The number of benzene rings is 1. The Morgan fingerprint density at radius 3 is 2.20 bits per heavy atom. The minimum absolute atomic E-state index is 0.0738. The van der Waals surface area contributed by atoms with Crippen molar-refractivity contribution in [2.75, 3.05) is 6.54 Å². The molecule has 2 fully saturated rings. The SMILES string of the molecule is CC(C)(C)OC(=O)N1CCC(C(=O)ON2C(=O)c3ccccc3C2=O)C2C1C2(F)F. The summed E-state index contributed by atoms with van der Waals surface area (Å²) in [6.07, 6.45) is -0.973. The average molecular weight is 422 g/mol. The van der Waals surface area contributed by atoms with E-state index in [1.807, 2.05) is 0 Å². The Morgan fingerprint density at radius 2 is 1.67 bits per heavy atom. The monoisotopic (exact) mass is 422 g/mol. The van der Waals surface area contributed by atoms with Crippen molar-refractivity contribution in [3.63, 3.8) is 0 Å². The van der Waals surface area contributed by atoms with Gasteiger partial charge in [-0.25, -0.2) is 18.4 Å². The van der Waals surface area contributed by atoms with Crippen molar-refractivity contribution >= 4 is 23.9 Å². The lowest BCUT2D eigenvalue weighted by Gasteiger charge is -2.31. The molecule has 0 N–H and O–H groups in total. The molecule has 1 saturated carbocycles. The van der Waals surface area contributed by atoms with Crippen LogP contribution in [0.1, 0.15) is 47.9 Å². The van der Waals surface area contributed by atoms with Crippen LogP contribution < -0.4 is 0 Å². The van der Waals surface area contributed by atoms with Gasteiger partial charge in [-0.15, -0.1) is 0 Å². The summed E-state index contributed by atoms with van der Waals surface area (Å²) >= 11 is 0. The first-order valence-electron chi connectivity index (χ1n) is 9.50. The number of nitrogens with zero attached hydrogens (tertiary/aromatic N) is 2. The van der Waals surface area contributed by atoms with Gasteiger partial charge in [-0.2, -0.15) is 0 Å². The zero-order valence-electron chi connectivity index (χ0n) is 16.6. The number of carbonyl (C=O) groups excluding carboxylic acids is 4. The van der Waals surface area contributed by atoms with E-state index in [0.717, 1.165) is 4.90 Å². The molecule has 1 aliphatic carbocycles. The molecule has 30 heavy (non-hydrogen) atoms. The summed E-state index contributed by atoms with van der Waals surface area (Å²) < 4.78 is 34.0. The summed E-state index contributed by atoms with van der Waals surface area (Å²) in [7, 11) is 0. The molecular weight excluding hydrogens is 402 g/mol. The van der Waals surface area contributed by atoms with Gasteiger partial charge in [0.2, 0.25) is 0 Å². The van der Waals surface area contributed by atoms with Crippen LogP contribution in [-0.2, 0) is 14.4 Å². The summed E-state index contributed by atoms with van der Waals surface area (Å²) in [4.78, 5) is 55.4. The second kappa shape index (κ2) is 6.48. The second-order valence-corrected chi connectivity index (χ2v) is 8.57. The lowest BCUT2D eigenvalue weighted by Crippen LogP contribution is -2.45. The summed E-state index contributed by atoms with van der Waals surface area (Å²) in [6.45, 7) is 4.74. The van der Waals surface area contributed by atoms with E-state index in [-0.39, 0.29) is 24.1 Å². The van der Waals surface area contributed by atoms with Gasteiger partial charge in [0.15, 0.2) is 0 Å². The molecule has 160 valence electrons. The third-order valence-electron chi connectivity index (χ3n) is 5.39. The zero-order chi connectivity index (χ0) is 22.0. The van der Waals surface area contributed by atoms with Gasteiger partial charge in [-0.05, 0) is 39.3 Å². The van der Waals surface area contributed by atoms with Gasteiger partial charge in [0.05, 0.1) is 23.0 Å². The maximum absolute atomic E-state index is 14.4. The Kier molecular flexibility index (Phi) is 4.37. The van der Waals surface area contributed by atoms with Crippen LogP contribution in [0.2, 0.25) is 0 Å². The second-order valence-electron chi connectivity index (χ2n) is 8.57. The van der Waals surface area contributed by atoms with Crippen molar-refractivity contribution in [2.24, 2.45) is 11.8 Å². The highest BCUT2D eigenvalue weighted by Crippen LogP contribution is 2.59. The highest BCUT2D eigenvalue weighted by atomic mass is 19.3. The van der Waals surface area contributed by atoms with E-state index in [2.05, 4.69) is 0 Å². The molecule has 3 unspecified atom stereocenters. The fourth-order valence-corrected chi connectivity index (χ4v) is 4.02. The predicted octanol–water partition coefficient (Wildman–Crippen LogP) is 2.63.